The van der Waals surface area contributed by atoms with Crippen LogP contribution in [0.1, 0.15) is 6.92 Å². The van der Waals surface area contributed by atoms with Gasteiger partial charge in [0.05, 0.1) is 4.92 Å². The third-order valence-corrected chi connectivity index (χ3v) is 2.01. The minimum absolute atomic E-state index is 0.162. The van der Waals surface area contributed by atoms with Crippen molar-refractivity contribution in [3.63, 3.8) is 0 Å². The maximum atomic E-state index is 10.4. The Labute approximate surface area is 63.3 Å². The maximum absolute atomic E-state index is 10.4. The zero-order chi connectivity index (χ0) is 8.06. The van der Waals surface area contributed by atoms with Gasteiger partial charge in [-0.05, 0) is 13.0 Å². The fraction of sp³-hybridized carbons (Fsp3) is 0.429. The largest absolute Gasteiger partial charge is 0.350 e. The second-order valence-corrected chi connectivity index (χ2v) is 2.89. The average Bonchev–Trinajstić information content (AvgIpc) is 2.58. The van der Waals surface area contributed by atoms with E-state index >= 15 is 0 Å². The number of hydrogen-bond acceptors (Lipinski definition) is 3. The van der Waals surface area contributed by atoms with Crippen LogP contribution in [0.25, 0.3) is 0 Å². The summed E-state index contributed by atoms with van der Waals surface area (Å²) in [6.45, 7) is 1.84. The molecule has 0 aromatic carbocycles. The molecule has 0 aromatic heterocycles. The minimum Gasteiger partial charge on any atom is -0.350 e. The van der Waals surface area contributed by atoms with Crippen LogP contribution in [0.15, 0.2) is 23.9 Å². The van der Waals surface area contributed by atoms with E-state index in [2.05, 4.69) is 0 Å². The maximum Gasteiger partial charge on any atom is 0.278 e. The third-order valence-electron chi connectivity index (χ3n) is 2.01. The van der Waals surface area contributed by atoms with Crippen molar-refractivity contribution in [2.24, 2.45) is 0 Å². The molecule has 4 heteroatoms. The highest BCUT2D eigenvalue weighted by Crippen LogP contribution is 2.44. The van der Waals surface area contributed by atoms with E-state index < -0.39 is 5.60 Å². The Morgan fingerprint density at radius 1 is 1.82 bits per heavy atom. The van der Waals surface area contributed by atoms with Crippen LogP contribution in [0.2, 0.25) is 0 Å². The van der Waals surface area contributed by atoms with Crippen LogP contribution >= 0.6 is 0 Å². The van der Waals surface area contributed by atoms with Crippen LogP contribution in [-0.4, -0.2) is 16.6 Å². The van der Waals surface area contributed by atoms with E-state index in [9.17, 15) is 10.1 Å². The van der Waals surface area contributed by atoms with Crippen molar-refractivity contribution in [3.8, 4) is 0 Å². The van der Waals surface area contributed by atoms with Gasteiger partial charge in [-0.3, -0.25) is 10.1 Å². The topological polar surface area (TPSA) is 55.7 Å². The molecule has 1 aliphatic heterocycles. The first-order chi connectivity index (χ1) is 5.13. The van der Waals surface area contributed by atoms with E-state index in [0.29, 0.717) is 0 Å². The summed E-state index contributed by atoms with van der Waals surface area (Å²) in [4.78, 5) is 9.97. The summed E-state index contributed by atoms with van der Waals surface area (Å²) in [6.07, 6.45) is 4.67. The van der Waals surface area contributed by atoms with Crippen molar-refractivity contribution in [2.75, 3.05) is 0 Å². The predicted molar refractivity (Wildman–Crippen MR) is 37.5 cm³/mol. The molecule has 0 N–H and O–H groups in total. The predicted octanol–water partition coefficient (Wildman–Crippen LogP) is 0.874. The molecule has 0 bridgehead atoms. The van der Waals surface area contributed by atoms with E-state index in [1.807, 2.05) is 13.0 Å². The molecule has 0 aromatic rings. The minimum atomic E-state index is -0.392. The zero-order valence-electron chi connectivity index (χ0n) is 5.98. The molecule has 0 spiro atoms. The summed E-state index contributed by atoms with van der Waals surface area (Å²) in [7, 11) is 0. The van der Waals surface area contributed by atoms with Gasteiger partial charge in [-0.2, -0.15) is 0 Å². The van der Waals surface area contributed by atoms with Crippen molar-refractivity contribution in [1.29, 1.82) is 0 Å². The Kier molecular flexibility index (Phi) is 1.02. The molecule has 0 amide bonds. The van der Waals surface area contributed by atoms with Crippen molar-refractivity contribution in [3.05, 3.63) is 34.0 Å². The van der Waals surface area contributed by atoms with Gasteiger partial charge in [0.15, 0.2) is 6.10 Å². The number of nitro groups is 1. The molecule has 2 rings (SSSR count). The summed E-state index contributed by atoms with van der Waals surface area (Å²) in [5.41, 5.74) is -0.230. The monoisotopic (exact) mass is 153 g/mol. The van der Waals surface area contributed by atoms with Crippen LogP contribution in [0.3, 0.4) is 0 Å². The van der Waals surface area contributed by atoms with Crippen LogP contribution < -0.4 is 0 Å². The lowest BCUT2D eigenvalue weighted by molar-refractivity contribution is -0.429. The van der Waals surface area contributed by atoms with Gasteiger partial charge in [0, 0.05) is 6.08 Å². The highest BCUT2D eigenvalue weighted by atomic mass is 16.7. The van der Waals surface area contributed by atoms with Gasteiger partial charge >= 0.3 is 0 Å². The lowest BCUT2D eigenvalue weighted by Crippen LogP contribution is -2.15. The molecular weight excluding hydrogens is 146 g/mol. The zero-order valence-corrected chi connectivity index (χ0v) is 5.98. The first kappa shape index (κ1) is 6.54. The SMILES string of the molecule is CC12C=CC=C([N+](=O)[O-])C1O2. The van der Waals surface area contributed by atoms with Crippen molar-refractivity contribution >= 4 is 0 Å². The van der Waals surface area contributed by atoms with Gasteiger partial charge < -0.3 is 4.74 Å². The van der Waals surface area contributed by atoms with Crippen molar-refractivity contribution in [1.82, 2.24) is 0 Å². The summed E-state index contributed by atoms with van der Waals surface area (Å²) < 4.78 is 5.14. The van der Waals surface area contributed by atoms with Gasteiger partial charge in [-0.15, -0.1) is 0 Å². The summed E-state index contributed by atoms with van der Waals surface area (Å²) in [6, 6.07) is 0. The highest BCUT2D eigenvalue weighted by molar-refractivity contribution is 5.33. The summed E-state index contributed by atoms with van der Waals surface area (Å²) in [5, 5.41) is 10.4. The lowest BCUT2D eigenvalue weighted by atomic mass is 10.0. The molecule has 4 nitrogen and oxygen atoms in total. The number of nitrogens with zero attached hydrogens (tertiary/aromatic N) is 1. The van der Waals surface area contributed by atoms with E-state index in [-0.39, 0.29) is 16.7 Å². The molecular formula is C7H7NO3. The van der Waals surface area contributed by atoms with Crippen LogP contribution in [0, 0.1) is 10.1 Å². The summed E-state index contributed by atoms with van der Waals surface area (Å²) >= 11 is 0. The Bertz CT molecular complexity index is 281. The smallest absolute Gasteiger partial charge is 0.278 e. The first-order valence-electron chi connectivity index (χ1n) is 3.35. The van der Waals surface area contributed by atoms with E-state index in [1.165, 1.54) is 6.08 Å². The molecule has 0 saturated carbocycles. The van der Waals surface area contributed by atoms with E-state index in [0.717, 1.165) is 0 Å². The number of hydrogen-bond donors (Lipinski definition) is 0. The molecule has 1 saturated heterocycles. The molecule has 1 fully saturated rings. The van der Waals surface area contributed by atoms with Gasteiger partial charge in [0.25, 0.3) is 5.70 Å². The van der Waals surface area contributed by atoms with Gasteiger partial charge in [-0.1, -0.05) is 6.08 Å². The Morgan fingerprint density at radius 2 is 2.55 bits per heavy atom. The molecule has 11 heavy (non-hydrogen) atoms. The number of rotatable bonds is 1. The molecule has 58 valence electrons. The molecule has 2 atom stereocenters. The van der Waals surface area contributed by atoms with Crippen LogP contribution in [0.4, 0.5) is 0 Å². The number of fused-ring (bicyclic) bond motifs is 1. The fourth-order valence-electron chi connectivity index (χ4n) is 1.28. The van der Waals surface area contributed by atoms with Gasteiger partial charge in [0.2, 0.25) is 0 Å². The Morgan fingerprint density at radius 3 is 3.09 bits per heavy atom. The van der Waals surface area contributed by atoms with Crippen molar-refractivity contribution < 1.29 is 9.66 Å². The second kappa shape index (κ2) is 1.71. The van der Waals surface area contributed by atoms with Crippen LogP contribution in [0.5, 0.6) is 0 Å². The summed E-state index contributed by atoms with van der Waals surface area (Å²) in [5.74, 6) is 0. The molecule has 2 aliphatic rings. The van der Waals surface area contributed by atoms with Gasteiger partial charge in [0.1, 0.15) is 5.60 Å². The number of epoxide rings is 1. The number of allylic oxidation sites excluding steroid dienone is 2. The van der Waals surface area contributed by atoms with E-state index in [4.69, 9.17) is 4.74 Å². The quantitative estimate of drug-likeness (QED) is 0.319. The lowest BCUT2D eigenvalue weighted by Gasteiger charge is -2.00. The standard InChI is InChI=1S/C7H7NO3/c1-7-4-2-3-5(8(9)10)6(7)11-7/h2-4,6H,1H3. The molecule has 2 unspecified atom stereocenters. The third kappa shape index (κ3) is 0.793. The fourth-order valence-corrected chi connectivity index (χ4v) is 1.28. The van der Waals surface area contributed by atoms with Crippen LogP contribution in [-0.2, 0) is 4.74 Å². The highest BCUT2D eigenvalue weighted by Gasteiger charge is 2.58. The normalized spacial score (nSPS) is 39.4. The molecule has 1 heterocycles. The Balaban J connectivity index is 2.31. The second-order valence-electron chi connectivity index (χ2n) is 2.89. The van der Waals surface area contributed by atoms with Gasteiger partial charge in [-0.25, -0.2) is 0 Å². The van der Waals surface area contributed by atoms with Crippen molar-refractivity contribution in [2.45, 2.75) is 18.6 Å². The first-order valence-corrected chi connectivity index (χ1v) is 3.35. The average molecular weight is 153 g/mol. The van der Waals surface area contributed by atoms with E-state index in [1.54, 1.807) is 6.08 Å². The molecule has 1 aliphatic carbocycles. The Hall–Kier alpha value is -1.16. The number of ether oxygens (including phenoxy) is 1. The molecule has 0 radical (unpaired) electrons.